The van der Waals surface area contributed by atoms with Crippen LogP contribution in [0.5, 0.6) is 0 Å². The molecule has 0 radical (unpaired) electrons. The van der Waals surface area contributed by atoms with Gasteiger partial charge in [-0.2, -0.15) is 0 Å². The average molecular weight is 395 g/mol. The first-order chi connectivity index (χ1) is 12.8. The van der Waals surface area contributed by atoms with Gasteiger partial charge in [-0.25, -0.2) is 12.7 Å². The minimum absolute atomic E-state index is 0.0765. The molecule has 2 rings (SSSR count). The zero-order chi connectivity index (χ0) is 19.9. The van der Waals surface area contributed by atoms with Crippen molar-refractivity contribution in [1.82, 2.24) is 14.9 Å². The first kappa shape index (κ1) is 21.7. The molecule has 7 heteroatoms. The number of benzene rings is 1. The minimum atomic E-state index is -3.04. The van der Waals surface area contributed by atoms with E-state index in [1.54, 1.807) is 4.31 Å². The number of guanidine groups is 1. The third-order valence-electron chi connectivity index (χ3n) is 4.98. The van der Waals surface area contributed by atoms with Gasteiger partial charge in [0.25, 0.3) is 0 Å². The lowest BCUT2D eigenvalue weighted by molar-refractivity contribution is 0.444. The summed E-state index contributed by atoms with van der Waals surface area (Å²) in [5, 5.41) is 6.50. The maximum absolute atomic E-state index is 11.9. The first-order valence-corrected chi connectivity index (χ1v) is 11.5. The van der Waals surface area contributed by atoms with Crippen molar-refractivity contribution in [2.75, 3.05) is 38.5 Å². The molecule has 1 aliphatic heterocycles. The maximum atomic E-state index is 11.9. The molecule has 6 nitrogen and oxygen atoms in total. The molecule has 1 aliphatic rings. The Morgan fingerprint density at radius 3 is 2.44 bits per heavy atom. The van der Waals surface area contributed by atoms with Gasteiger partial charge in [0.1, 0.15) is 0 Å². The van der Waals surface area contributed by atoms with Gasteiger partial charge < -0.3 is 10.6 Å². The fourth-order valence-corrected chi connectivity index (χ4v) is 4.67. The topological polar surface area (TPSA) is 73.8 Å². The molecule has 27 heavy (non-hydrogen) atoms. The van der Waals surface area contributed by atoms with Gasteiger partial charge in [-0.05, 0) is 30.9 Å². The van der Waals surface area contributed by atoms with Gasteiger partial charge in [0, 0.05) is 31.6 Å². The van der Waals surface area contributed by atoms with Gasteiger partial charge in [-0.1, -0.05) is 45.0 Å². The first-order valence-electron chi connectivity index (χ1n) is 9.88. The fraction of sp³-hybridized carbons (Fsp3) is 0.650. The van der Waals surface area contributed by atoms with Gasteiger partial charge in [0.05, 0.1) is 12.3 Å². The monoisotopic (exact) mass is 394 g/mol. The van der Waals surface area contributed by atoms with Crippen molar-refractivity contribution in [3.63, 3.8) is 0 Å². The Morgan fingerprint density at radius 2 is 1.89 bits per heavy atom. The molecule has 1 aromatic rings. The van der Waals surface area contributed by atoms with Gasteiger partial charge in [-0.15, -0.1) is 0 Å². The van der Waals surface area contributed by atoms with E-state index in [0.717, 1.165) is 25.3 Å². The lowest BCUT2D eigenvalue weighted by Crippen LogP contribution is -2.42. The highest BCUT2D eigenvalue weighted by Gasteiger charge is 2.27. The van der Waals surface area contributed by atoms with E-state index in [-0.39, 0.29) is 11.2 Å². The van der Waals surface area contributed by atoms with Crippen LogP contribution in [0.1, 0.15) is 45.2 Å². The molecule has 1 saturated heterocycles. The van der Waals surface area contributed by atoms with E-state index in [9.17, 15) is 8.42 Å². The van der Waals surface area contributed by atoms with E-state index in [0.29, 0.717) is 26.2 Å². The lowest BCUT2D eigenvalue weighted by Gasteiger charge is -2.24. The molecule has 1 fully saturated rings. The zero-order valence-electron chi connectivity index (χ0n) is 17.1. The lowest BCUT2D eigenvalue weighted by atomic mass is 9.84. The smallest absolute Gasteiger partial charge is 0.214 e. The van der Waals surface area contributed by atoms with Crippen LogP contribution < -0.4 is 10.6 Å². The van der Waals surface area contributed by atoms with Gasteiger partial charge in [0.2, 0.25) is 10.0 Å². The summed E-state index contributed by atoms with van der Waals surface area (Å²) in [6.45, 7) is 11.6. The third-order valence-corrected chi connectivity index (χ3v) is 6.93. The third kappa shape index (κ3) is 6.21. The van der Waals surface area contributed by atoms with Crippen LogP contribution in [-0.2, 0) is 21.9 Å². The zero-order valence-corrected chi connectivity index (χ0v) is 17.9. The second kappa shape index (κ2) is 9.55. The molecule has 1 aromatic carbocycles. The van der Waals surface area contributed by atoms with Gasteiger partial charge >= 0.3 is 0 Å². The molecular formula is C20H34N4O2S. The summed E-state index contributed by atoms with van der Waals surface area (Å²) in [4.78, 5) is 4.73. The van der Waals surface area contributed by atoms with Crippen LogP contribution in [0.25, 0.3) is 0 Å². The van der Waals surface area contributed by atoms with Crippen molar-refractivity contribution in [3.05, 3.63) is 35.4 Å². The number of hydrogen-bond acceptors (Lipinski definition) is 3. The Kier molecular flexibility index (Phi) is 7.68. The van der Waals surface area contributed by atoms with Crippen LogP contribution in [-0.4, -0.2) is 57.2 Å². The van der Waals surface area contributed by atoms with Crippen molar-refractivity contribution in [2.45, 2.75) is 46.0 Å². The Hall–Kier alpha value is -1.60. The van der Waals surface area contributed by atoms with Crippen molar-refractivity contribution >= 4 is 16.0 Å². The van der Waals surface area contributed by atoms with Crippen LogP contribution in [0.3, 0.4) is 0 Å². The number of nitrogens with one attached hydrogen (secondary N) is 2. The fourth-order valence-electron chi connectivity index (χ4n) is 3.14. The normalized spacial score (nSPS) is 17.9. The molecule has 0 saturated carbocycles. The number of hydrogen-bond donors (Lipinski definition) is 2. The highest BCUT2D eigenvalue weighted by molar-refractivity contribution is 7.89. The number of aliphatic imine (C=N–C) groups is 1. The Morgan fingerprint density at radius 1 is 1.19 bits per heavy atom. The van der Waals surface area contributed by atoms with Crippen LogP contribution in [0.4, 0.5) is 0 Å². The SMILES string of the molecule is CCNC(=NCC(C)(C)c1ccc(CC)cc1)NCCN1CCCS1(=O)=O. The Bertz CT molecular complexity index is 727. The molecule has 152 valence electrons. The van der Waals surface area contributed by atoms with Crippen LogP contribution in [0, 0.1) is 0 Å². The second-order valence-corrected chi connectivity index (χ2v) is 9.71. The standard InChI is InChI=1S/C20H34N4O2S/c1-5-17-8-10-18(11-9-17)20(3,4)16-23-19(21-6-2)22-12-14-24-13-7-15-27(24,25)26/h8-11H,5-7,12-16H2,1-4H3,(H2,21,22,23). The van der Waals surface area contributed by atoms with Gasteiger partial charge in [-0.3, -0.25) is 4.99 Å². The molecule has 0 unspecified atom stereocenters. The minimum Gasteiger partial charge on any atom is -0.357 e. The van der Waals surface area contributed by atoms with Crippen LogP contribution >= 0.6 is 0 Å². The van der Waals surface area contributed by atoms with E-state index in [4.69, 9.17) is 4.99 Å². The molecule has 1 heterocycles. The number of sulfonamides is 1. The predicted octanol–water partition coefficient (Wildman–Crippen LogP) is 2.12. The molecular weight excluding hydrogens is 360 g/mol. The summed E-state index contributed by atoms with van der Waals surface area (Å²) in [6.07, 6.45) is 1.77. The maximum Gasteiger partial charge on any atom is 0.214 e. The molecule has 0 aliphatic carbocycles. The summed E-state index contributed by atoms with van der Waals surface area (Å²) in [5.74, 6) is 0.999. The molecule has 2 N–H and O–H groups in total. The van der Waals surface area contributed by atoms with E-state index in [1.165, 1.54) is 11.1 Å². The van der Waals surface area contributed by atoms with Crippen molar-refractivity contribution < 1.29 is 8.42 Å². The van der Waals surface area contributed by atoms with Crippen molar-refractivity contribution in [1.29, 1.82) is 0 Å². The molecule has 0 amide bonds. The average Bonchev–Trinajstić information content (AvgIpc) is 2.98. The largest absolute Gasteiger partial charge is 0.357 e. The van der Waals surface area contributed by atoms with Crippen molar-refractivity contribution in [2.24, 2.45) is 4.99 Å². The van der Waals surface area contributed by atoms with E-state index < -0.39 is 10.0 Å². The van der Waals surface area contributed by atoms with Crippen LogP contribution in [0.15, 0.2) is 29.3 Å². The van der Waals surface area contributed by atoms with Crippen LogP contribution in [0.2, 0.25) is 0 Å². The number of rotatable bonds is 8. The quantitative estimate of drug-likeness (QED) is 0.523. The summed E-state index contributed by atoms with van der Waals surface area (Å²) in [5.41, 5.74) is 2.53. The van der Waals surface area contributed by atoms with Crippen molar-refractivity contribution in [3.8, 4) is 0 Å². The Balaban J connectivity index is 1.94. The molecule has 0 atom stereocenters. The molecule has 0 aromatic heterocycles. The summed E-state index contributed by atoms with van der Waals surface area (Å²) >= 11 is 0. The molecule has 0 bridgehead atoms. The summed E-state index contributed by atoms with van der Waals surface area (Å²) in [7, 11) is -3.04. The number of nitrogens with zero attached hydrogens (tertiary/aromatic N) is 2. The highest BCUT2D eigenvalue weighted by Crippen LogP contribution is 2.24. The van der Waals surface area contributed by atoms with E-state index in [2.05, 4.69) is 55.7 Å². The van der Waals surface area contributed by atoms with Gasteiger partial charge in [0.15, 0.2) is 5.96 Å². The molecule has 0 spiro atoms. The number of aryl methyl sites for hydroxylation is 1. The highest BCUT2D eigenvalue weighted by atomic mass is 32.2. The Labute approximate surface area is 164 Å². The van der Waals surface area contributed by atoms with E-state index >= 15 is 0 Å². The summed E-state index contributed by atoms with van der Waals surface area (Å²) < 4.78 is 25.3. The van der Waals surface area contributed by atoms with E-state index in [1.807, 2.05) is 6.92 Å². The summed E-state index contributed by atoms with van der Waals surface area (Å²) in [6, 6.07) is 8.74. The predicted molar refractivity (Wildman–Crippen MR) is 113 cm³/mol. The second-order valence-electron chi connectivity index (χ2n) is 7.62.